The lowest BCUT2D eigenvalue weighted by atomic mass is 9.95. The van der Waals surface area contributed by atoms with Crippen molar-refractivity contribution in [2.24, 2.45) is 0 Å². The van der Waals surface area contributed by atoms with Crippen LogP contribution in [-0.2, 0) is 0 Å². The van der Waals surface area contributed by atoms with Crippen molar-refractivity contribution in [1.29, 1.82) is 0 Å². The van der Waals surface area contributed by atoms with E-state index < -0.39 is 0 Å². The molecule has 0 radical (unpaired) electrons. The normalized spacial score (nSPS) is 24.3. The maximum atomic E-state index is 9.47. The average Bonchev–Trinajstić information content (AvgIpc) is 2.74. The molecule has 3 rings (SSSR count). The van der Waals surface area contributed by atoms with Gasteiger partial charge in [0.15, 0.2) is 0 Å². The highest BCUT2D eigenvalue weighted by Crippen LogP contribution is 2.35. The number of rotatable bonds is 2. The molecule has 1 aromatic carbocycles. The van der Waals surface area contributed by atoms with Gasteiger partial charge >= 0.3 is 0 Å². The van der Waals surface area contributed by atoms with E-state index in [4.69, 9.17) is 4.74 Å². The first-order valence-electron chi connectivity index (χ1n) is 7.55. The predicted molar refractivity (Wildman–Crippen MR) is 75.6 cm³/mol. The van der Waals surface area contributed by atoms with Gasteiger partial charge in [-0.25, -0.2) is 0 Å². The summed E-state index contributed by atoms with van der Waals surface area (Å²) in [5.74, 6) is 1.12. The van der Waals surface area contributed by atoms with E-state index in [1.807, 2.05) is 6.07 Å². The SMILES string of the molecule is Oc1ccc2c(c1)OCC2NC1CCCCCCC1. The van der Waals surface area contributed by atoms with Gasteiger partial charge in [-0.1, -0.05) is 32.1 Å². The van der Waals surface area contributed by atoms with Crippen LogP contribution in [0.3, 0.4) is 0 Å². The number of hydrogen-bond donors (Lipinski definition) is 2. The fraction of sp³-hybridized carbons (Fsp3) is 0.625. The van der Waals surface area contributed by atoms with E-state index in [-0.39, 0.29) is 5.75 Å². The average molecular weight is 261 g/mol. The summed E-state index contributed by atoms with van der Waals surface area (Å²) in [5, 5.41) is 13.2. The lowest BCUT2D eigenvalue weighted by Gasteiger charge is -2.24. The molecule has 1 saturated carbocycles. The number of hydrogen-bond acceptors (Lipinski definition) is 3. The molecule has 1 aliphatic carbocycles. The second-order valence-electron chi connectivity index (χ2n) is 5.79. The lowest BCUT2D eigenvalue weighted by molar-refractivity contribution is 0.280. The summed E-state index contributed by atoms with van der Waals surface area (Å²) < 4.78 is 5.67. The Morgan fingerprint density at radius 3 is 2.58 bits per heavy atom. The van der Waals surface area contributed by atoms with Crippen molar-refractivity contribution in [3.63, 3.8) is 0 Å². The molecule has 3 heteroatoms. The van der Waals surface area contributed by atoms with Crippen molar-refractivity contribution >= 4 is 0 Å². The van der Waals surface area contributed by atoms with E-state index in [0.717, 1.165) is 5.75 Å². The highest BCUT2D eigenvalue weighted by atomic mass is 16.5. The van der Waals surface area contributed by atoms with E-state index in [2.05, 4.69) is 5.32 Å². The van der Waals surface area contributed by atoms with Gasteiger partial charge in [-0.15, -0.1) is 0 Å². The standard InChI is InChI=1S/C16H23NO2/c18-13-8-9-14-15(11-19-16(14)10-13)17-12-6-4-2-1-3-5-7-12/h8-10,12,15,17-18H,1-7,11H2. The van der Waals surface area contributed by atoms with Crippen molar-refractivity contribution in [3.8, 4) is 11.5 Å². The Morgan fingerprint density at radius 1 is 1.05 bits per heavy atom. The van der Waals surface area contributed by atoms with Crippen LogP contribution in [0.4, 0.5) is 0 Å². The first-order valence-corrected chi connectivity index (χ1v) is 7.55. The van der Waals surface area contributed by atoms with E-state index in [9.17, 15) is 5.11 Å². The Kier molecular flexibility index (Phi) is 3.92. The van der Waals surface area contributed by atoms with Crippen LogP contribution >= 0.6 is 0 Å². The Bertz CT molecular complexity index is 425. The number of aromatic hydroxyl groups is 1. The fourth-order valence-corrected chi connectivity index (χ4v) is 3.24. The van der Waals surface area contributed by atoms with Gasteiger partial charge in [-0.05, 0) is 25.0 Å². The van der Waals surface area contributed by atoms with Crippen molar-refractivity contribution in [2.45, 2.75) is 57.0 Å². The number of phenolic OH excluding ortho intramolecular Hbond substituents is 1. The quantitative estimate of drug-likeness (QED) is 0.855. The summed E-state index contributed by atoms with van der Waals surface area (Å²) in [7, 11) is 0. The summed E-state index contributed by atoms with van der Waals surface area (Å²) in [4.78, 5) is 0. The minimum Gasteiger partial charge on any atom is -0.508 e. The molecule has 3 nitrogen and oxygen atoms in total. The molecule has 0 bridgehead atoms. The monoisotopic (exact) mass is 261 g/mol. The number of phenols is 1. The van der Waals surface area contributed by atoms with Gasteiger partial charge < -0.3 is 15.2 Å². The van der Waals surface area contributed by atoms with Crippen LogP contribution in [0.5, 0.6) is 11.5 Å². The van der Waals surface area contributed by atoms with E-state index in [0.29, 0.717) is 18.7 Å². The van der Waals surface area contributed by atoms with Crippen LogP contribution in [0, 0.1) is 0 Å². The summed E-state index contributed by atoms with van der Waals surface area (Å²) in [6, 6.07) is 6.36. The third-order valence-corrected chi connectivity index (χ3v) is 4.32. The molecule has 1 heterocycles. The highest BCUT2D eigenvalue weighted by Gasteiger charge is 2.26. The number of nitrogens with one attached hydrogen (secondary N) is 1. The smallest absolute Gasteiger partial charge is 0.127 e. The van der Waals surface area contributed by atoms with Gasteiger partial charge in [-0.3, -0.25) is 0 Å². The molecule has 1 aliphatic heterocycles. The molecule has 2 N–H and O–H groups in total. The maximum absolute atomic E-state index is 9.47. The van der Waals surface area contributed by atoms with Crippen molar-refractivity contribution in [2.75, 3.05) is 6.61 Å². The predicted octanol–water partition coefficient (Wildman–Crippen LogP) is 3.53. The highest BCUT2D eigenvalue weighted by molar-refractivity contribution is 5.44. The third kappa shape index (κ3) is 3.03. The second-order valence-corrected chi connectivity index (χ2v) is 5.79. The molecular formula is C16H23NO2. The summed E-state index contributed by atoms with van der Waals surface area (Å²) in [6.07, 6.45) is 9.41. The molecule has 0 saturated heterocycles. The van der Waals surface area contributed by atoms with Gasteiger partial charge in [0, 0.05) is 17.7 Å². The molecule has 1 fully saturated rings. The van der Waals surface area contributed by atoms with Crippen LogP contribution in [0.15, 0.2) is 18.2 Å². The second kappa shape index (κ2) is 5.83. The Balaban J connectivity index is 1.64. The van der Waals surface area contributed by atoms with Gasteiger partial charge in [0.1, 0.15) is 18.1 Å². The first kappa shape index (κ1) is 12.8. The lowest BCUT2D eigenvalue weighted by Crippen LogP contribution is -2.34. The minimum absolute atomic E-state index is 0.283. The topological polar surface area (TPSA) is 41.5 Å². The molecule has 19 heavy (non-hydrogen) atoms. The van der Waals surface area contributed by atoms with Gasteiger partial charge in [-0.2, -0.15) is 0 Å². The van der Waals surface area contributed by atoms with Crippen LogP contribution in [-0.4, -0.2) is 17.8 Å². The van der Waals surface area contributed by atoms with Gasteiger partial charge in [0.2, 0.25) is 0 Å². The molecule has 2 aliphatic rings. The molecule has 0 spiro atoms. The Labute approximate surface area is 115 Å². The van der Waals surface area contributed by atoms with Gasteiger partial charge in [0.05, 0.1) is 6.04 Å². The maximum Gasteiger partial charge on any atom is 0.127 e. The van der Waals surface area contributed by atoms with Crippen LogP contribution in [0.25, 0.3) is 0 Å². The minimum atomic E-state index is 0.283. The van der Waals surface area contributed by atoms with Crippen LogP contribution < -0.4 is 10.1 Å². The fourth-order valence-electron chi connectivity index (χ4n) is 3.24. The third-order valence-electron chi connectivity index (χ3n) is 4.32. The zero-order valence-corrected chi connectivity index (χ0v) is 11.4. The largest absolute Gasteiger partial charge is 0.508 e. The summed E-state index contributed by atoms with van der Waals surface area (Å²) in [5.41, 5.74) is 1.19. The van der Waals surface area contributed by atoms with Gasteiger partial charge in [0.25, 0.3) is 0 Å². The van der Waals surface area contributed by atoms with E-state index in [1.54, 1.807) is 12.1 Å². The zero-order chi connectivity index (χ0) is 13.1. The molecule has 1 aromatic rings. The van der Waals surface area contributed by atoms with E-state index >= 15 is 0 Å². The van der Waals surface area contributed by atoms with Crippen molar-refractivity contribution in [3.05, 3.63) is 23.8 Å². The molecule has 104 valence electrons. The molecule has 1 unspecified atom stereocenters. The molecule has 1 atom stereocenters. The number of ether oxygens (including phenoxy) is 1. The Hall–Kier alpha value is -1.22. The van der Waals surface area contributed by atoms with Crippen LogP contribution in [0.2, 0.25) is 0 Å². The van der Waals surface area contributed by atoms with E-state index in [1.165, 1.54) is 50.5 Å². The summed E-state index contributed by atoms with van der Waals surface area (Å²) in [6.45, 7) is 0.690. The molecule has 0 amide bonds. The molecular weight excluding hydrogens is 238 g/mol. The van der Waals surface area contributed by atoms with Crippen molar-refractivity contribution < 1.29 is 9.84 Å². The molecule has 0 aromatic heterocycles. The first-order chi connectivity index (χ1) is 9.33. The number of fused-ring (bicyclic) bond motifs is 1. The van der Waals surface area contributed by atoms with Crippen molar-refractivity contribution in [1.82, 2.24) is 5.32 Å². The number of benzene rings is 1. The Morgan fingerprint density at radius 2 is 1.79 bits per heavy atom. The zero-order valence-electron chi connectivity index (χ0n) is 11.4. The summed E-state index contributed by atoms with van der Waals surface area (Å²) >= 11 is 0. The van der Waals surface area contributed by atoms with Crippen LogP contribution in [0.1, 0.15) is 56.6 Å².